The maximum atomic E-state index is 12.8. The minimum Gasteiger partial charge on any atom is -0.494 e. The van der Waals surface area contributed by atoms with Crippen LogP contribution in [0.25, 0.3) is 15.9 Å². The average molecular weight is 460 g/mol. The van der Waals surface area contributed by atoms with Gasteiger partial charge in [-0.15, -0.1) is 0 Å². The molecule has 5 rings (SSSR count). The van der Waals surface area contributed by atoms with Crippen LogP contribution in [0.1, 0.15) is 45.2 Å². The number of fused-ring (bicyclic) bond motifs is 1. The lowest BCUT2D eigenvalue weighted by Crippen LogP contribution is -2.44. The fourth-order valence-corrected chi connectivity index (χ4v) is 5.61. The van der Waals surface area contributed by atoms with Crippen LogP contribution in [-0.2, 0) is 17.8 Å². The Labute approximate surface area is 199 Å². The van der Waals surface area contributed by atoms with E-state index in [4.69, 9.17) is 16.0 Å². The van der Waals surface area contributed by atoms with Crippen LogP contribution in [0.2, 0.25) is 0 Å². The predicted octanol–water partition coefficient (Wildman–Crippen LogP) is 5.35. The van der Waals surface area contributed by atoms with Crippen LogP contribution >= 0.6 is 0 Å². The Kier molecular flexibility index (Phi) is 5.64. The van der Waals surface area contributed by atoms with Crippen LogP contribution in [0.4, 0.5) is 10.5 Å². The van der Waals surface area contributed by atoms with Crippen molar-refractivity contribution < 1.29 is 14.3 Å². The molecule has 0 radical (unpaired) electrons. The summed E-state index contributed by atoms with van der Waals surface area (Å²) in [5, 5.41) is 0. The summed E-state index contributed by atoms with van der Waals surface area (Å²) in [4.78, 5) is 27.1. The van der Waals surface area contributed by atoms with Gasteiger partial charge in [-0.3, -0.25) is 9.88 Å². The van der Waals surface area contributed by atoms with Gasteiger partial charge in [0.25, 0.3) is 0 Å². The molecule has 1 amide bonds. The largest absolute Gasteiger partial charge is 0.494 e. The predicted molar refractivity (Wildman–Crippen MR) is 128 cm³/mol. The van der Waals surface area contributed by atoms with E-state index < -0.39 is 5.60 Å². The first-order valence-electron chi connectivity index (χ1n) is 11.8. The zero-order valence-electron chi connectivity index (χ0n) is 19.7. The summed E-state index contributed by atoms with van der Waals surface area (Å²) in [6.07, 6.45) is 6.99. The van der Waals surface area contributed by atoms with Gasteiger partial charge in [-0.25, -0.2) is 14.6 Å². The number of rotatable bonds is 6. The number of benzene rings is 1. The summed E-state index contributed by atoms with van der Waals surface area (Å²) >= 11 is 0. The molecule has 1 spiro atoms. The molecule has 176 valence electrons. The van der Waals surface area contributed by atoms with E-state index in [9.17, 15) is 4.79 Å². The molecule has 8 nitrogen and oxygen atoms in total. The van der Waals surface area contributed by atoms with Crippen LogP contribution in [-0.4, -0.2) is 44.3 Å². The van der Waals surface area contributed by atoms with Crippen LogP contribution in [0.3, 0.4) is 0 Å². The van der Waals surface area contributed by atoms with Gasteiger partial charge in [0.2, 0.25) is 0 Å². The van der Waals surface area contributed by atoms with Crippen molar-refractivity contribution in [3.05, 3.63) is 60.0 Å². The molecule has 2 aromatic heterocycles. The zero-order valence-corrected chi connectivity index (χ0v) is 19.7. The SMILES string of the molecule is [C-]#[N+]c1ccc2ncn(C[C@@]3(C)CCC[C@@]4(CN(Cc5cc(OCC)ccn5)C(=O)O4)C3)c2c1. The molecule has 1 aliphatic carbocycles. The third kappa shape index (κ3) is 4.30. The van der Waals surface area contributed by atoms with Gasteiger partial charge < -0.3 is 14.0 Å². The minimum atomic E-state index is -0.486. The molecule has 1 aliphatic heterocycles. The van der Waals surface area contributed by atoms with E-state index in [1.165, 1.54) is 0 Å². The molecule has 2 fully saturated rings. The van der Waals surface area contributed by atoms with E-state index in [1.807, 2.05) is 37.5 Å². The van der Waals surface area contributed by atoms with Crippen LogP contribution in [0.5, 0.6) is 5.75 Å². The van der Waals surface area contributed by atoms with Gasteiger partial charge in [-0.1, -0.05) is 13.0 Å². The monoisotopic (exact) mass is 459 g/mol. The summed E-state index contributed by atoms with van der Waals surface area (Å²) in [6, 6.07) is 9.31. The summed E-state index contributed by atoms with van der Waals surface area (Å²) in [6.45, 7) is 13.9. The molecule has 8 heteroatoms. The van der Waals surface area contributed by atoms with Gasteiger partial charge in [0.15, 0.2) is 5.69 Å². The Bertz CT molecular complexity index is 1260. The molecule has 3 heterocycles. The number of pyridine rings is 1. The van der Waals surface area contributed by atoms with Gasteiger partial charge in [-0.05, 0) is 56.2 Å². The lowest BCUT2D eigenvalue weighted by Gasteiger charge is -2.43. The van der Waals surface area contributed by atoms with E-state index >= 15 is 0 Å². The molecule has 0 unspecified atom stereocenters. The van der Waals surface area contributed by atoms with Crippen molar-refractivity contribution in [1.82, 2.24) is 19.4 Å². The van der Waals surface area contributed by atoms with Crippen molar-refractivity contribution in [3.63, 3.8) is 0 Å². The van der Waals surface area contributed by atoms with Gasteiger partial charge in [-0.2, -0.15) is 0 Å². The fraction of sp³-hybridized carbons (Fsp3) is 0.462. The summed E-state index contributed by atoms with van der Waals surface area (Å²) in [5.74, 6) is 0.758. The third-order valence-corrected chi connectivity index (χ3v) is 6.94. The maximum absolute atomic E-state index is 12.8. The number of nitrogens with zero attached hydrogens (tertiary/aromatic N) is 5. The van der Waals surface area contributed by atoms with Crippen molar-refractivity contribution in [2.24, 2.45) is 5.41 Å². The molecule has 2 atom stereocenters. The van der Waals surface area contributed by atoms with Crippen molar-refractivity contribution in [1.29, 1.82) is 0 Å². The fourth-order valence-electron chi connectivity index (χ4n) is 5.61. The minimum absolute atomic E-state index is 0.0522. The van der Waals surface area contributed by atoms with E-state index in [1.54, 1.807) is 17.2 Å². The van der Waals surface area contributed by atoms with Gasteiger partial charge in [0, 0.05) is 18.8 Å². The Balaban J connectivity index is 1.32. The Hall–Kier alpha value is -3.60. The first-order valence-corrected chi connectivity index (χ1v) is 11.8. The zero-order chi connectivity index (χ0) is 23.8. The second-order valence-electron chi connectivity index (χ2n) is 9.82. The smallest absolute Gasteiger partial charge is 0.410 e. The van der Waals surface area contributed by atoms with E-state index in [-0.39, 0.29) is 11.5 Å². The summed E-state index contributed by atoms with van der Waals surface area (Å²) < 4.78 is 13.8. The molecule has 0 N–H and O–H groups in total. The van der Waals surface area contributed by atoms with E-state index in [2.05, 4.69) is 26.3 Å². The number of amides is 1. The highest BCUT2D eigenvalue weighted by Crippen LogP contribution is 2.47. The van der Waals surface area contributed by atoms with Gasteiger partial charge in [0.1, 0.15) is 11.4 Å². The molecule has 1 aromatic carbocycles. The molecule has 1 saturated heterocycles. The molecule has 3 aromatic rings. The van der Waals surface area contributed by atoms with Crippen LogP contribution in [0, 0.1) is 12.0 Å². The molecule has 34 heavy (non-hydrogen) atoms. The van der Waals surface area contributed by atoms with Crippen molar-refractivity contribution in [2.45, 2.75) is 58.2 Å². The number of hydrogen-bond acceptors (Lipinski definition) is 5. The molecular weight excluding hydrogens is 430 g/mol. The molecular formula is C26H29N5O3. The number of aromatic nitrogens is 3. The highest BCUT2D eigenvalue weighted by Gasteiger charge is 2.51. The number of ether oxygens (including phenoxy) is 2. The van der Waals surface area contributed by atoms with Crippen molar-refractivity contribution >= 4 is 22.8 Å². The second-order valence-corrected chi connectivity index (χ2v) is 9.82. The highest BCUT2D eigenvalue weighted by molar-refractivity contribution is 5.79. The highest BCUT2D eigenvalue weighted by atomic mass is 16.6. The van der Waals surface area contributed by atoms with Crippen LogP contribution < -0.4 is 4.74 Å². The number of imidazole rings is 1. The Morgan fingerprint density at radius 3 is 2.94 bits per heavy atom. The normalized spacial score (nSPS) is 24.4. The number of carbonyl (C=O) groups is 1. The Morgan fingerprint density at radius 1 is 1.24 bits per heavy atom. The standard InChI is InChI=1S/C26H29N5O3/c1-4-33-21-8-11-28-20(12-21)14-30-17-26(34-24(30)32)10-5-9-25(2,15-26)16-31-18-29-22-7-6-19(27-3)13-23(22)31/h6-8,11-13,18H,4-5,9-10,14-17H2,1-2H3/t25-,26-/m0/s1. The van der Waals surface area contributed by atoms with E-state index in [0.717, 1.165) is 54.7 Å². The van der Waals surface area contributed by atoms with Crippen molar-refractivity contribution in [3.8, 4) is 5.75 Å². The average Bonchev–Trinajstić information content (AvgIpc) is 3.33. The van der Waals surface area contributed by atoms with Crippen molar-refractivity contribution in [2.75, 3.05) is 13.2 Å². The summed E-state index contributed by atoms with van der Waals surface area (Å²) in [7, 11) is 0. The topological polar surface area (TPSA) is 73.8 Å². The first kappa shape index (κ1) is 22.2. The molecule has 0 bridgehead atoms. The van der Waals surface area contributed by atoms with Gasteiger partial charge >= 0.3 is 6.09 Å². The van der Waals surface area contributed by atoms with Gasteiger partial charge in [0.05, 0.1) is 49.3 Å². The van der Waals surface area contributed by atoms with Crippen LogP contribution in [0.15, 0.2) is 42.9 Å². The number of carbonyl (C=O) groups excluding carboxylic acids is 1. The first-order chi connectivity index (χ1) is 16.4. The molecule has 1 saturated carbocycles. The molecule has 2 aliphatic rings. The summed E-state index contributed by atoms with van der Waals surface area (Å²) in [5.41, 5.74) is 2.73. The quantitative estimate of drug-likeness (QED) is 0.465. The lowest BCUT2D eigenvalue weighted by molar-refractivity contribution is -0.0270. The number of hydrogen-bond donors (Lipinski definition) is 0. The maximum Gasteiger partial charge on any atom is 0.410 e. The van der Waals surface area contributed by atoms with E-state index in [0.29, 0.717) is 25.4 Å². The third-order valence-electron chi connectivity index (χ3n) is 6.94. The lowest BCUT2D eigenvalue weighted by atomic mass is 9.68. The Morgan fingerprint density at radius 2 is 2.12 bits per heavy atom. The second kappa shape index (κ2) is 8.64.